The molecule has 114 valence electrons. The van der Waals surface area contributed by atoms with Gasteiger partial charge in [-0.2, -0.15) is 0 Å². The van der Waals surface area contributed by atoms with Crippen LogP contribution in [0, 0.1) is 46.8 Å². The van der Waals surface area contributed by atoms with Crippen molar-refractivity contribution >= 4 is 0 Å². The van der Waals surface area contributed by atoms with E-state index in [4.69, 9.17) is 0 Å². The molecule has 0 radical (unpaired) electrons. The predicted octanol–water partition coefficient (Wildman–Crippen LogP) is 5.91. The fourth-order valence-corrected chi connectivity index (χ4v) is 7.35. The molecule has 0 N–H and O–H groups in total. The lowest BCUT2D eigenvalue weighted by molar-refractivity contribution is -0.0650. The topological polar surface area (TPSA) is 0 Å². The summed E-state index contributed by atoms with van der Waals surface area (Å²) in [6, 6.07) is 0. The van der Waals surface area contributed by atoms with Gasteiger partial charge in [-0.15, -0.1) is 0 Å². The number of hydrogen-bond donors (Lipinski definition) is 0. The van der Waals surface area contributed by atoms with E-state index in [1.165, 1.54) is 12.8 Å². The van der Waals surface area contributed by atoms with Gasteiger partial charge in [0, 0.05) is 0 Å². The van der Waals surface area contributed by atoms with Crippen molar-refractivity contribution in [3.8, 4) is 0 Å². The van der Waals surface area contributed by atoms with Crippen molar-refractivity contribution in [3.63, 3.8) is 0 Å². The molecule has 4 aliphatic rings. The van der Waals surface area contributed by atoms with Gasteiger partial charge in [0.15, 0.2) is 0 Å². The summed E-state index contributed by atoms with van der Waals surface area (Å²) >= 11 is 0. The summed E-state index contributed by atoms with van der Waals surface area (Å²) in [6.45, 7) is 7.70. The Balaban J connectivity index is 1.57. The monoisotopic (exact) mass is 274 g/mol. The molecule has 0 amide bonds. The third-order valence-corrected chi connectivity index (χ3v) is 8.69. The van der Waals surface area contributed by atoms with Gasteiger partial charge in [0.25, 0.3) is 0 Å². The van der Waals surface area contributed by atoms with Crippen LogP contribution in [0.2, 0.25) is 0 Å². The van der Waals surface area contributed by atoms with Crippen molar-refractivity contribution in [3.05, 3.63) is 0 Å². The Hall–Kier alpha value is 0. The van der Waals surface area contributed by atoms with Gasteiger partial charge < -0.3 is 0 Å². The maximum absolute atomic E-state index is 2.65. The fraction of sp³-hybridized carbons (Fsp3) is 1.00. The molecule has 8 unspecified atom stereocenters. The maximum atomic E-state index is 2.65. The van der Waals surface area contributed by atoms with Crippen LogP contribution in [0.25, 0.3) is 0 Å². The average molecular weight is 274 g/mol. The highest BCUT2D eigenvalue weighted by molar-refractivity contribution is 5.05. The third-order valence-electron chi connectivity index (χ3n) is 8.69. The van der Waals surface area contributed by atoms with Gasteiger partial charge >= 0.3 is 0 Å². The first kappa shape index (κ1) is 13.6. The van der Waals surface area contributed by atoms with Gasteiger partial charge in [-0.3, -0.25) is 0 Å². The van der Waals surface area contributed by atoms with Crippen LogP contribution in [-0.4, -0.2) is 0 Å². The van der Waals surface area contributed by atoms with Crippen molar-refractivity contribution in [2.45, 2.75) is 78.6 Å². The van der Waals surface area contributed by atoms with Crippen LogP contribution in [0.5, 0.6) is 0 Å². The van der Waals surface area contributed by atoms with E-state index in [9.17, 15) is 0 Å². The lowest BCUT2D eigenvalue weighted by Gasteiger charge is -2.56. The highest BCUT2D eigenvalue weighted by atomic mass is 14.6. The molecule has 4 aliphatic carbocycles. The first-order chi connectivity index (χ1) is 9.59. The zero-order chi connectivity index (χ0) is 13.9. The van der Waals surface area contributed by atoms with Gasteiger partial charge in [-0.1, -0.05) is 27.2 Å². The van der Waals surface area contributed by atoms with E-state index in [-0.39, 0.29) is 0 Å². The van der Waals surface area contributed by atoms with Gasteiger partial charge in [0.2, 0.25) is 0 Å². The Labute approximate surface area is 126 Å². The quantitative estimate of drug-likeness (QED) is 0.515. The summed E-state index contributed by atoms with van der Waals surface area (Å²) in [4.78, 5) is 0. The molecule has 0 spiro atoms. The van der Waals surface area contributed by atoms with Crippen molar-refractivity contribution in [1.82, 2.24) is 0 Å². The molecule has 0 aromatic heterocycles. The molecule has 0 aliphatic heterocycles. The first-order valence-electron chi connectivity index (χ1n) is 9.59. The zero-order valence-corrected chi connectivity index (χ0v) is 13.9. The Morgan fingerprint density at radius 2 is 1.55 bits per heavy atom. The van der Waals surface area contributed by atoms with Crippen LogP contribution >= 0.6 is 0 Å². The average Bonchev–Trinajstić information content (AvgIpc) is 2.74. The minimum Gasteiger partial charge on any atom is -0.0625 e. The minimum atomic E-state index is 0.718. The predicted molar refractivity (Wildman–Crippen MR) is 85.4 cm³/mol. The maximum Gasteiger partial charge on any atom is -0.0269 e. The molecule has 8 atom stereocenters. The number of fused-ring (bicyclic) bond motifs is 5. The van der Waals surface area contributed by atoms with E-state index in [2.05, 4.69) is 20.8 Å². The van der Waals surface area contributed by atoms with Crippen LogP contribution < -0.4 is 0 Å². The lowest BCUT2D eigenvalue weighted by Crippen LogP contribution is -2.48. The second-order valence-corrected chi connectivity index (χ2v) is 9.38. The molecule has 0 aromatic rings. The van der Waals surface area contributed by atoms with Gasteiger partial charge in [-0.25, -0.2) is 0 Å². The molecule has 4 fully saturated rings. The van der Waals surface area contributed by atoms with Crippen molar-refractivity contribution in [2.24, 2.45) is 46.8 Å². The molecular formula is C20H34. The SMILES string of the molecule is CC1CCC2C(CCC3C2CCC2(C)C(C)CCC32)C1. The van der Waals surface area contributed by atoms with E-state index >= 15 is 0 Å². The van der Waals surface area contributed by atoms with E-state index in [1.807, 2.05) is 0 Å². The highest BCUT2D eigenvalue weighted by Crippen LogP contribution is 2.64. The van der Waals surface area contributed by atoms with Gasteiger partial charge in [0.1, 0.15) is 0 Å². The second-order valence-electron chi connectivity index (χ2n) is 9.38. The van der Waals surface area contributed by atoms with E-state index in [1.54, 1.807) is 44.9 Å². The Morgan fingerprint density at radius 3 is 2.40 bits per heavy atom. The van der Waals surface area contributed by atoms with Crippen LogP contribution in [0.1, 0.15) is 78.6 Å². The molecule has 4 rings (SSSR count). The number of rotatable bonds is 0. The van der Waals surface area contributed by atoms with E-state index in [0.29, 0.717) is 0 Å². The standard InChI is InChI=1S/C20H34/c1-13-4-7-16-15(12-13)6-8-18-17(16)10-11-20(3)14(2)5-9-19(18)20/h13-19H,4-12H2,1-3H3. The molecular weight excluding hydrogens is 240 g/mol. The van der Waals surface area contributed by atoms with Crippen molar-refractivity contribution in [1.29, 1.82) is 0 Å². The molecule has 0 heterocycles. The molecule has 0 aromatic carbocycles. The molecule has 20 heavy (non-hydrogen) atoms. The van der Waals surface area contributed by atoms with Crippen LogP contribution in [0.15, 0.2) is 0 Å². The Morgan fingerprint density at radius 1 is 0.750 bits per heavy atom. The molecule has 4 saturated carbocycles. The van der Waals surface area contributed by atoms with Crippen LogP contribution in [0.3, 0.4) is 0 Å². The lowest BCUT2D eigenvalue weighted by atomic mass is 9.49. The largest absolute Gasteiger partial charge is 0.0625 e. The van der Waals surface area contributed by atoms with E-state index < -0.39 is 0 Å². The zero-order valence-electron chi connectivity index (χ0n) is 13.9. The second kappa shape index (κ2) is 4.75. The Bertz CT molecular complexity index is 372. The highest BCUT2D eigenvalue weighted by Gasteiger charge is 2.55. The van der Waals surface area contributed by atoms with Crippen LogP contribution in [0.4, 0.5) is 0 Å². The van der Waals surface area contributed by atoms with Crippen molar-refractivity contribution in [2.75, 3.05) is 0 Å². The molecule has 0 bridgehead atoms. The smallest absolute Gasteiger partial charge is 0.0269 e. The van der Waals surface area contributed by atoms with Gasteiger partial charge in [0.05, 0.1) is 0 Å². The minimum absolute atomic E-state index is 0.718. The van der Waals surface area contributed by atoms with Crippen molar-refractivity contribution < 1.29 is 0 Å². The number of hydrogen-bond acceptors (Lipinski definition) is 0. The summed E-state index contributed by atoms with van der Waals surface area (Å²) in [5.41, 5.74) is 0.718. The fourth-order valence-electron chi connectivity index (χ4n) is 7.35. The third kappa shape index (κ3) is 1.85. The normalized spacial score (nSPS) is 58.6. The van der Waals surface area contributed by atoms with Gasteiger partial charge in [-0.05, 0) is 98.2 Å². The summed E-state index contributed by atoms with van der Waals surface area (Å²) < 4.78 is 0. The molecule has 0 heteroatoms. The summed E-state index contributed by atoms with van der Waals surface area (Å²) in [5, 5.41) is 0. The first-order valence-corrected chi connectivity index (χ1v) is 9.59. The summed E-state index contributed by atoms with van der Waals surface area (Å²) in [7, 11) is 0. The molecule has 0 saturated heterocycles. The summed E-state index contributed by atoms with van der Waals surface area (Å²) in [6.07, 6.45) is 14.1. The molecule has 0 nitrogen and oxygen atoms in total. The van der Waals surface area contributed by atoms with E-state index in [0.717, 1.165) is 46.8 Å². The Kier molecular flexibility index (Phi) is 3.24. The van der Waals surface area contributed by atoms with Crippen LogP contribution in [-0.2, 0) is 0 Å². The summed E-state index contributed by atoms with van der Waals surface area (Å²) in [5.74, 6) is 7.61.